The van der Waals surface area contributed by atoms with Crippen LogP contribution in [0, 0.1) is 0 Å². The van der Waals surface area contributed by atoms with Gasteiger partial charge in [0, 0.05) is 18.0 Å². The van der Waals surface area contributed by atoms with Crippen molar-refractivity contribution in [3.05, 3.63) is 29.0 Å². The number of carbonyl (C=O) groups is 1. The average Bonchev–Trinajstić information content (AvgIpc) is 2.04. The first-order valence-electron chi connectivity index (χ1n) is 2.94. The lowest BCUT2D eigenvalue weighted by atomic mass is 10.2. The molecule has 0 saturated heterocycles. The fourth-order valence-corrected chi connectivity index (χ4v) is 0.898. The second-order valence-electron chi connectivity index (χ2n) is 1.91. The number of carbonyl (C=O) groups excluding carboxylic acids is 1. The van der Waals surface area contributed by atoms with Gasteiger partial charge in [-0.2, -0.15) is 0 Å². The van der Waals surface area contributed by atoms with Crippen molar-refractivity contribution in [1.29, 1.82) is 0 Å². The Morgan fingerprint density at radius 1 is 1.73 bits per heavy atom. The summed E-state index contributed by atoms with van der Waals surface area (Å²) in [4.78, 5) is 14.4. The Morgan fingerprint density at radius 2 is 2.45 bits per heavy atom. The van der Waals surface area contributed by atoms with Crippen LogP contribution >= 0.6 is 11.6 Å². The Hall–Kier alpha value is -0.960. The predicted molar refractivity (Wildman–Crippen MR) is 39.6 cm³/mol. The Balaban J connectivity index is 3.03. The summed E-state index contributed by atoms with van der Waals surface area (Å²) in [6.45, 7) is -1.02. The number of nitrogens with zero attached hydrogens (tertiary/aromatic N) is 1. The molecule has 1 heterocycles. The van der Waals surface area contributed by atoms with E-state index >= 15 is 0 Å². The zero-order valence-electron chi connectivity index (χ0n) is 5.55. The molecular weight excluding hydrogens is 169 g/mol. The number of Topliss-reactive ketones (excluding diaryl/α,β-unsaturated/α-hetero) is 1. The van der Waals surface area contributed by atoms with Crippen molar-refractivity contribution >= 4 is 17.4 Å². The highest BCUT2D eigenvalue weighted by Gasteiger charge is 2.08. The maximum atomic E-state index is 11.8. The molecule has 2 nitrogen and oxygen atoms in total. The van der Waals surface area contributed by atoms with Gasteiger partial charge in [0.15, 0.2) is 12.5 Å². The molecule has 0 atom stereocenters. The van der Waals surface area contributed by atoms with E-state index in [-0.39, 0.29) is 10.6 Å². The van der Waals surface area contributed by atoms with Gasteiger partial charge in [0.1, 0.15) is 0 Å². The maximum Gasteiger partial charge on any atom is 0.195 e. The summed E-state index contributed by atoms with van der Waals surface area (Å²) in [6, 6.07) is 1.39. The summed E-state index contributed by atoms with van der Waals surface area (Å²) >= 11 is 5.55. The first-order valence-corrected chi connectivity index (χ1v) is 3.32. The molecule has 0 fully saturated rings. The number of hydrogen-bond acceptors (Lipinski definition) is 2. The molecule has 1 aromatic rings. The largest absolute Gasteiger partial charge is 0.291 e. The van der Waals surface area contributed by atoms with Crippen molar-refractivity contribution in [2.24, 2.45) is 0 Å². The van der Waals surface area contributed by atoms with Crippen LogP contribution < -0.4 is 0 Å². The fourth-order valence-electron chi connectivity index (χ4n) is 0.673. The van der Waals surface area contributed by atoms with Crippen LogP contribution in [0.2, 0.25) is 5.02 Å². The van der Waals surface area contributed by atoms with Gasteiger partial charge < -0.3 is 0 Å². The molecule has 0 saturated carbocycles. The van der Waals surface area contributed by atoms with Crippen LogP contribution in [0.4, 0.5) is 4.39 Å². The summed E-state index contributed by atoms with van der Waals surface area (Å²) in [6.07, 6.45) is 2.71. The summed E-state index contributed by atoms with van der Waals surface area (Å²) in [5.41, 5.74) is 0.184. The van der Waals surface area contributed by atoms with Crippen molar-refractivity contribution in [3.63, 3.8) is 0 Å². The molecule has 0 aliphatic carbocycles. The van der Waals surface area contributed by atoms with Gasteiger partial charge in [0.25, 0.3) is 0 Å². The summed E-state index contributed by atoms with van der Waals surface area (Å²) in [5.74, 6) is -0.614. The van der Waals surface area contributed by atoms with Crippen molar-refractivity contribution in [1.82, 2.24) is 4.98 Å². The van der Waals surface area contributed by atoms with E-state index in [9.17, 15) is 9.18 Å². The molecule has 0 aliphatic rings. The topological polar surface area (TPSA) is 30.0 Å². The molecular formula is C7H5ClFNO. The number of aromatic nitrogens is 1. The third-order valence-electron chi connectivity index (χ3n) is 1.19. The van der Waals surface area contributed by atoms with Crippen molar-refractivity contribution in [3.8, 4) is 0 Å². The molecule has 0 amide bonds. The molecule has 1 rings (SSSR count). The minimum Gasteiger partial charge on any atom is -0.291 e. The van der Waals surface area contributed by atoms with E-state index in [1.165, 1.54) is 18.5 Å². The van der Waals surface area contributed by atoms with E-state index < -0.39 is 12.5 Å². The molecule has 11 heavy (non-hydrogen) atoms. The van der Waals surface area contributed by atoms with Gasteiger partial charge in [0.2, 0.25) is 0 Å². The van der Waals surface area contributed by atoms with E-state index in [1.807, 2.05) is 0 Å². The Kier molecular flexibility index (Phi) is 2.54. The minimum atomic E-state index is -1.02. The second-order valence-corrected chi connectivity index (χ2v) is 2.32. The van der Waals surface area contributed by atoms with Gasteiger partial charge in [-0.05, 0) is 6.07 Å². The SMILES string of the molecule is O=C(CF)c1ccncc1Cl. The molecule has 58 valence electrons. The zero-order chi connectivity index (χ0) is 8.27. The molecule has 0 bridgehead atoms. The van der Waals surface area contributed by atoms with Crippen molar-refractivity contribution < 1.29 is 9.18 Å². The summed E-state index contributed by atoms with van der Waals surface area (Å²) < 4.78 is 11.8. The Morgan fingerprint density at radius 3 is 3.00 bits per heavy atom. The van der Waals surface area contributed by atoms with Crippen molar-refractivity contribution in [2.75, 3.05) is 6.67 Å². The Bertz CT molecular complexity index is 277. The van der Waals surface area contributed by atoms with Gasteiger partial charge >= 0.3 is 0 Å². The first kappa shape index (κ1) is 8.14. The highest BCUT2D eigenvalue weighted by Crippen LogP contribution is 2.13. The maximum absolute atomic E-state index is 11.8. The quantitative estimate of drug-likeness (QED) is 0.640. The summed E-state index contributed by atoms with van der Waals surface area (Å²) in [5, 5.41) is 0.190. The molecule has 0 aliphatic heterocycles. The van der Waals surface area contributed by atoms with Crippen LogP contribution in [0.3, 0.4) is 0 Å². The third-order valence-corrected chi connectivity index (χ3v) is 1.50. The van der Waals surface area contributed by atoms with Crippen LogP contribution in [0.1, 0.15) is 10.4 Å². The van der Waals surface area contributed by atoms with E-state index in [2.05, 4.69) is 4.98 Å². The van der Waals surface area contributed by atoms with Crippen LogP contribution in [0.15, 0.2) is 18.5 Å². The fraction of sp³-hybridized carbons (Fsp3) is 0.143. The van der Waals surface area contributed by atoms with Gasteiger partial charge in [-0.15, -0.1) is 0 Å². The van der Waals surface area contributed by atoms with Gasteiger partial charge in [0.05, 0.1) is 5.02 Å². The average molecular weight is 174 g/mol. The van der Waals surface area contributed by atoms with E-state index in [4.69, 9.17) is 11.6 Å². The monoisotopic (exact) mass is 173 g/mol. The highest BCUT2D eigenvalue weighted by atomic mass is 35.5. The van der Waals surface area contributed by atoms with E-state index in [0.29, 0.717) is 0 Å². The number of rotatable bonds is 2. The van der Waals surface area contributed by atoms with E-state index in [1.54, 1.807) is 0 Å². The lowest BCUT2D eigenvalue weighted by molar-refractivity contribution is 0.0959. The lowest BCUT2D eigenvalue weighted by Gasteiger charge is -1.96. The normalized spacial score (nSPS) is 9.64. The smallest absolute Gasteiger partial charge is 0.195 e. The number of hydrogen-bond donors (Lipinski definition) is 0. The molecule has 4 heteroatoms. The minimum absolute atomic E-state index is 0.184. The van der Waals surface area contributed by atoms with Gasteiger partial charge in [-0.3, -0.25) is 9.78 Å². The predicted octanol–water partition coefficient (Wildman–Crippen LogP) is 1.89. The number of halogens is 2. The van der Waals surface area contributed by atoms with Crippen LogP contribution in [0.5, 0.6) is 0 Å². The number of pyridine rings is 1. The van der Waals surface area contributed by atoms with Crippen LogP contribution in [-0.4, -0.2) is 17.4 Å². The Labute approximate surface area is 68.0 Å². The van der Waals surface area contributed by atoms with Crippen LogP contribution in [-0.2, 0) is 0 Å². The molecule has 0 aromatic carbocycles. The van der Waals surface area contributed by atoms with Crippen molar-refractivity contribution in [2.45, 2.75) is 0 Å². The van der Waals surface area contributed by atoms with Crippen LogP contribution in [0.25, 0.3) is 0 Å². The van der Waals surface area contributed by atoms with E-state index in [0.717, 1.165) is 0 Å². The molecule has 0 unspecified atom stereocenters. The first-order chi connectivity index (χ1) is 5.25. The van der Waals surface area contributed by atoms with Gasteiger partial charge in [-0.1, -0.05) is 11.6 Å². The van der Waals surface area contributed by atoms with Gasteiger partial charge in [-0.25, -0.2) is 4.39 Å². The molecule has 1 aromatic heterocycles. The molecule has 0 N–H and O–H groups in total. The second kappa shape index (κ2) is 3.44. The number of ketones is 1. The lowest BCUT2D eigenvalue weighted by Crippen LogP contribution is -2.01. The highest BCUT2D eigenvalue weighted by molar-refractivity contribution is 6.33. The number of alkyl halides is 1. The molecule has 0 radical (unpaired) electrons. The summed E-state index contributed by atoms with van der Waals surface area (Å²) in [7, 11) is 0. The third kappa shape index (κ3) is 1.74. The molecule has 0 spiro atoms. The standard InChI is InChI=1S/C7H5ClFNO/c8-6-4-10-2-1-5(6)7(11)3-9/h1-2,4H,3H2. The zero-order valence-corrected chi connectivity index (χ0v) is 6.31.